The van der Waals surface area contributed by atoms with E-state index in [1.54, 1.807) is 0 Å². The monoisotopic (exact) mass is 326 g/mol. The fourth-order valence-corrected chi connectivity index (χ4v) is 3.19. The highest BCUT2D eigenvalue weighted by Crippen LogP contribution is 2.15. The van der Waals surface area contributed by atoms with Crippen molar-refractivity contribution in [3.05, 3.63) is 0 Å². The highest BCUT2D eigenvalue weighted by Gasteiger charge is 2.05. The van der Waals surface area contributed by atoms with Gasteiger partial charge in [0.2, 0.25) is 0 Å². The lowest BCUT2D eigenvalue weighted by molar-refractivity contribution is 0.143. The molecule has 0 aliphatic carbocycles. The molecule has 1 atom stereocenters. The van der Waals surface area contributed by atoms with Gasteiger partial charge in [-0.2, -0.15) is 0 Å². The van der Waals surface area contributed by atoms with E-state index in [4.69, 9.17) is 0 Å². The van der Waals surface area contributed by atoms with Gasteiger partial charge in [0, 0.05) is 0 Å². The average Bonchev–Trinajstić information content (AvgIpc) is 2.49. The van der Waals surface area contributed by atoms with Gasteiger partial charge < -0.3 is 5.11 Å². The molecule has 0 saturated carbocycles. The molecule has 0 aromatic heterocycles. The fourth-order valence-electron chi connectivity index (χ4n) is 3.19. The van der Waals surface area contributed by atoms with Crippen molar-refractivity contribution >= 4 is 0 Å². The van der Waals surface area contributed by atoms with Gasteiger partial charge in [0.25, 0.3) is 0 Å². The van der Waals surface area contributed by atoms with Crippen LogP contribution >= 0.6 is 0 Å². The predicted octanol–water partition coefficient (Wildman–Crippen LogP) is 7.51. The number of aliphatic hydroxyl groups excluding tert-OH is 1. The van der Waals surface area contributed by atoms with Crippen molar-refractivity contribution < 1.29 is 5.11 Å². The van der Waals surface area contributed by atoms with E-state index in [1.165, 1.54) is 83.5 Å². The van der Waals surface area contributed by atoms with Crippen LogP contribution in [0.25, 0.3) is 0 Å². The van der Waals surface area contributed by atoms with Crippen molar-refractivity contribution in [3.63, 3.8) is 0 Å². The molecule has 0 radical (unpaired) electrons. The zero-order chi connectivity index (χ0) is 17.3. The van der Waals surface area contributed by atoms with Crippen LogP contribution in [0.4, 0.5) is 0 Å². The molecule has 1 heteroatoms. The Morgan fingerprint density at radius 3 is 1.17 bits per heavy atom. The topological polar surface area (TPSA) is 20.2 Å². The van der Waals surface area contributed by atoms with Crippen LogP contribution in [0.15, 0.2) is 0 Å². The molecule has 1 nitrogen and oxygen atoms in total. The molecule has 0 heterocycles. The molecule has 140 valence electrons. The molecule has 0 aliphatic heterocycles. The van der Waals surface area contributed by atoms with Gasteiger partial charge in [0.15, 0.2) is 0 Å². The van der Waals surface area contributed by atoms with Crippen molar-refractivity contribution in [3.8, 4) is 0 Å². The maximum atomic E-state index is 9.89. The summed E-state index contributed by atoms with van der Waals surface area (Å²) in [6.07, 6.45) is 19.9. The Kier molecular flexibility index (Phi) is 16.8. The molecule has 0 rings (SSSR count). The lowest BCUT2D eigenvalue weighted by Crippen LogP contribution is -2.07. The average molecular weight is 327 g/mol. The summed E-state index contributed by atoms with van der Waals surface area (Å²) in [6.45, 7) is 9.12. The second kappa shape index (κ2) is 16.8. The Hall–Kier alpha value is -0.0400. The van der Waals surface area contributed by atoms with Crippen LogP contribution in [0.3, 0.4) is 0 Å². The Balaban J connectivity index is 3.10. The van der Waals surface area contributed by atoms with Crippen LogP contribution in [0.2, 0.25) is 0 Å². The van der Waals surface area contributed by atoms with Gasteiger partial charge in [0.1, 0.15) is 0 Å². The largest absolute Gasteiger partial charge is 0.393 e. The van der Waals surface area contributed by atoms with Crippen LogP contribution in [0.1, 0.15) is 124 Å². The van der Waals surface area contributed by atoms with Gasteiger partial charge in [0.05, 0.1) is 6.10 Å². The molecule has 0 amide bonds. The zero-order valence-electron chi connectivity index (χ0n) is 16.8. The fraction of sp³-hybridized carbons (Fsp3) is 1.00. The van der Waals surface area contributed by atoms with Crippen LogP contribution in [-0.4, -0.2) is 11.2 Å². The van der Waals surface area contributed by atoms with E-state index in [2.05, 4.69) is 27.7 Å². The quantitative estimate of drug-likeness (QED) is 0.274. The van der Waals surface area contributed by atoms with E-state index < -0.39 is 0 Å². The summed E-state index contributed by atoms with van der Waals surface area (Å²) < 4.78 is 0. The van der Waals surface area contributed by atoms with Crippen molar-refractivity contribution in [1.82, 2.24) is 0 Å². The zero-order valence-corrected chi connectivity index (χ0v) is 16.8. The summed E-state index contributed by atoms with van der Waals surface area (Å²) in [5.41, 5.74) is 0. The number of hydrogen-bond acceptors (Lipinski definition) is 1. The van der Waals surface area contributed by atoms with E-state index in [0.717, 1.165) is 24.7 Å². The van der Waals surface area contributed by atoms with Crippen LogP contribution in [0.5, 0.6) is 0 Å². The first kappa shape index (κ1) is 23.0. The third-order valence-electron chi connectivity index (χ3n) is 4.90. The molecule has 0 fully saturated rings. The van der Waals surface area contributed by atoms with Crippen molar-refractivity contribution in [2.24, 2.45) is 11.8 Å². The molecule has 1 N–H and O–H groups in total. The van der Waals surface area contributed by atoms with Crippen molar-refractivity contribution in [2.45, 2.75) is 130 Å². The second-order valence-electron chi connectivity index (χ2n) is 8.49. The van der Waals surface area contributed by atoms with Gasteiger partial charge >= 0.3 is 0 Å². The molecule has 0 aromatic carbocycles. The Morgan fingerprint density at radius 1 is 0.435 bits per heavy atom. The first-order chi connectivity index (χ1) is 11.0. The lowest BCUT2D eigenvalue weighted by Gasteiger charge is -2.11. The van der Waals surface area contributed by atoms with E-state index in [-0.39, 0.29) is 6.10 Å². The van der Waals surface area contributed by atoms with Gasteiger partial charge in [-0.25, -0.2) is 0 Å². The maximum absolute atomic E-state index is 9.89. The Morgan fingerprint density at radius 2 is 0.783 bits per heavy atom. The van der Waals surface area contributed by atoms with E-state index in [9.17, 15) is 5.11 Å². The summed E-state index contributed by atoms with van der Waals surface area (Å²) >= 11 is 0. The molecule has 1 unspecified atom stereocenters. The minimum absolute atomic E-state index is 0.0481. The SMILES string of the molecule is CC(C)CCCCCCCCCCCCCC(O)CCC(C)C. The molecule has 0 aromatic rings. The van der Waals surface area contributed by atoms with Gasteiger partial charge in [-0.05, 0) is 31.1 Å². The highest BCUT2D eigenvalue weighted by atomic mass is 16.3. The number of rotatable bonds is 17. The highest BCUT2D eigenvalue weighted by molar-refractivity contribution is 4.58. The van der Waals surface area contributed by atoms with Crippen molar-refractivity contribution in [1.29, 1.82) is 0 Å². The Labute approximate surface area is 147 Å². The molecule has 0 aliphatic rings. The summed E-state index contributed by atoms with van der Waals surface area (Å²) in [4.78, 5) is 0. The number of unbranched alkanes of at least 4 members (excludes halogenated alkanes) is 10. The second-order valence-corrected chi connectivity index (χ2v) is 8.49. The third kappa shape index (κ3) is 19.9. The van der Waals surface area contributed by atoms with Crippen molar-refractivity contribution in [2.75, 3.05) is 0 Å². The van der Waals surface area contributed by atoms with E-state index >= 15 is 0 Å². The van der Waals surface area contributed by atoms with Crippen LogP contribution in [0, 0.1) is 11.8 Å². The molecule has 0 bridgehead atoms. The first-order valence-electron chi connectivity index (χ1n) is 10.7. The molecule has 0 spiro atoms. The molecular weight excluding hydrogens is 280 g/mol. The Bertz CT molecular complexity index is 222. The van der Waals surface area contributed by atoms with Crippen LogP contribution < -0.4 is 0 Å². The molecule has 0 saturated heterocycles. The van der Waals surface area contributed by atoms with E-state index in [0.29, 0.717) is 0 Å². The number of hydrogen-bond donors (Lipinski definition) is 1. The first-order valence-corrected chi connectivity index (χ1v) is 10.7. The maximum Gasteiger partial charge on any atom is 0.0540 e. The lowest BCUT2D eigenvalue weighted by atomic mass is 10.00. The van der Waals surface area contributed by atoms with Gasteiger partial charge in [-0.1, -0.05) is 105 Å². The summed E-state index contributed by atoms with van der Waals surface area (Å²) in [7, 11) is 0. The summed E-state index contributed by atoms with van der Waals surface area (Å²) in [6, 6.07) is 0. The number of aliphatic hydroxyl groups is 1. The smallest absolute Gasteiger partial charge is 0.0540 e. The normalized spacial score (nSPS) is 13.2. The minimum Gasteiger partial charge on any atom is -0.393 e. The van der Waals surface area contributed by atoms with Gasteiger partial charge in [-0.3, -0.25) is 0 Å². The third-order valence-corrected chi connectivity index (χ3v) is 4.90. The molecular formula is C22H46O. The summed E-state index contributed by atoms with van der Waals surface area (Å²) in [5, 5.41) is 9.89. The standard InChI is InChI=1S/C22H46O/c1-20(2)16-14-12-10-8-6-5-7-9-11-13-15-17-22(23)19-18-21(3)4/h20-23H,5-19H2,1-4H3. The summed E-state index contributed by atoms with van der Waals surface area (Å²) in [5.74, 6) is 1.60. The predicted molar refractivity (Wildman–Crippen MR) is 105 cm³/mol. The van der Waals surface area contributed by atoms with Gasteiger partial charge in [-0.15, -0.1) is 0 Å². The minimum atomic E-state index is -0.0481. The van der Waals surface area contributed by atoms with E-state index in [1.807, 2.05) is 0 Å². The van der Waals surface area contributed by atoms with Crippen LogP contribution in [-0.2, 0) is 0 Å². The molecule has 23 heavy (non-hydrogen) atoms.